The number of ether oxygens (including phenoxy) is 1. The lowest BCUT2D eigenvalue weighted by Crippen LogP contribution is -2.58. The van der Waals surface area contributed by atoms with Gasteiger partial charge in [-0.2, -0.15) is 0 Å². The minimum atomic E-state index is -1.36. The van der Waals surface area contributed by atoms with E-state index >= 15 is 0 Å². The maximum Gasteiger partial charge on any atom is 0.253 e. The molecule has 6 rings (SSSR count). The summed E-state index contributed by atoms with van der Waals surface area (Å²) in [5.74, 6) is -2.49. The first kappa shape index (κ1) is 28.4. The van der Waals surface area contributed by atoms with E-state index in [0.29, 0.717) is 26.1 Å². The molecule has 0 aromatic heterocycles. The number of benzene rings is 2. The fourth-order valence-corrected chi connectivity index (χ4v) is 7.69. The van der Waals surface area contributed by atoms with E-state index in [-0.39, 0.29) is 24.3 Å². The number of fused-ring (bicyclic) bond motifs is 2. The third-order valence-electron chi connectivity index (χ3n) is 9.63. The van der Waals surface area contributed by atoms with Crippen LogP contribution < -0.4 is 4.90 Å². The standard InChI is InChI=1S/C34H39N3O5/c1-5-33-16-10-18-35(20-25-14-7-6-8-15-25)30(39)26(33)27-31(40)37(24(4)21-38)29-32(41)36(19-11-17-34(27,29)42-33)28-22(2)12-9-13-23(28)3/h6-17,24,26-27,29,38H,5,18-21H2,1-4H3/t24-,26-,27+,29?,33+,34+/m1/s1. The summed E-state index contributed by atoms with van der Waals surface area (Å²) < 4.78 is 7.04. The average Bonchev–Trinajstić information content (AvgIpc) is 3.29. The van der Waals surface area contributed by atoms with Crippen LogP contribution in [0.2, 0.25) is 0 Å². The number of aryl methyl sites for hydroxylation is 2. The summed E-state index contributed by atoms with van der Waals surface area (Å²) in [4.78, 5) is 48.8. The summed E-state index contributed by atoms with van der Waals surface area (Å²) in [6.45, 7) is 8.44. The van der Waals surface area contributed by atoms with Crippen LogP contribution in [0.4, 0.5) is 5.69 Å². The normalized spacial score (nSPS) is 31.1. The van der Waals surface area contributed by atoms with Crippen LogP contribution in [0.15, 0.2) is 72.8 Å². The molecule has 42 heavy (non-hydrogen) atoms. The molecule has 0 bridgehead atoms. The van der Waals surface area contributed by atoms with Crippen molar-refractivity contribution in [2.75, 3.05) is 24.6 Å². The van der Waals surface area contributed by atoms with Crippen molar-refractivity contribution in [2.45, 2.75) is 63.9 Å². The molecule has 8 heteroatoms. The van der Waals surface area contributed by atoms with Gasteiger partial charge in [0, 0.05) is 25.3 Å². The highest BCUT2D eigenvalue weighted by atomic mass is 16.5. The number of carbonyl (C=O) groups excluding carboxylic acids is 3. The molecule has 4 aliphatic heterocycles. The van der Waals surface area contributed by atoms with Crippen LogP contribution in [-0.2, 0) is 25.7 Å². The Kier molecular flexibility index (Phi) is 7.10. The highest BCUT2D eigenvalue weighted by Gasteiger charge is 2.75. The van der Waals surface area contributed by atoms with Gasteiger partial charge in [-0.25, -0.2) is 0 Å². The highest BCUT2D eigenvalue weighted by Crippen LogP contribution is 2.59. The molecule has 0 radical (unpaired) electrons. The number of carbonyl (C=O) groups is 3. The Bertz CT molecular complexity index is 1450. The molecule has 8 nitrogen and oxygen atoms in total. The summed E-state index contributed by atoms with van der Waals surface area (Å²) in [6, 6.07) is 14.0. The van der Waals surface area contributed by atoms with E-state index in [0.717, 1.165) is 22.4 Å². The predicted molar refractivity (Wildman–Crippen MR) is 159 cm³/mol. The lowest BCUT2D eigenvalue weighted by Gasteiger charge is -2.40. The molecular weight excluding hydrogens is 530 g/mol. The number of aliphatic hydroxyl groups excluding tert-OH is 1. The van der Waals surface area contributed by atoms with Crippen LogP contribution in [0.3, 0.4) is 0 Å². The lowest BCUT2D eigenvalue weighted by molar-refractivity contribution is -0.152. The second-order valence-corrected chi connectivity index (χ2v) is 12.1. The minimum Gasteiger partial charge on any atom is -0.394 e. The summed E-state index contributed by atoms with van der Waals surface area (Å²) in [6.07, 6.45) is 8.15. The monoisotopic (exact) mass is 569 g/mol. The van der Waals surface area contributed by atoms with Gasteiger partial charge in [0.25, 0.3) is 5.91 Å². The highest BCUT2D eigenvalue weighted by molar-refractivity contribution is 6.06. The van der Waals surface area contributed by atoms with Crippen LogP contribution in [0.1, 0.15) is 37.0 Å². The third kappa shape index (κ3) is 4.07. The second kappa shape index (κ2) is 10.5. The van der Waals surface area contributed by atoms with Crippen LogP contribution in [0.25, 0.3) is 0 Å². The van der Waals surface area contributed by atoms with E-state index in [4.69, 9.17) is 4.74 Å². The van der Waals surface area contributed by atoms with Crippen LogP contribution in [-0.4, -0.2) is 75.6 Å². The van der Waals surface area contributed by atoms with Crippen molar-refractivity contribution < 1.29 is 24.2 Å². The maximum atomic E-state index is 14.7. The topological polar surface area (TPSA) is 90.4 Å². The number of rotatable bonds is 6. The molecule has 3 amide bonds. The molecule has 6 atom stereocenters. The van der Waals surface area contributed by atoms with Gasteiger partial charge in [0.1, 0.15) is 11.6 Å². The average molecular weight is 570 g/mol. The molecule has 1 N–H and O–H groups in total. The Morgan fingerprint density at radius 2 is 1.60 bits per heavy atom. The van der Waals surface area contributed by atoms with E-state index in [1.165, 1.54) is 4.90 Å². The summed E-state index contributed by atoms with van der Waals surface area (Å²) in [5, 5.41) is 10.3. The summed E-state index contributed by atoms with van der Waals surface area (Å²) >= 11 is 0. The van der Waals surface area contributed by atoms with E-state index in [9.17, 15) is 19.5 Å². The molecule has 2 fully saturated rings. The molecule has 4 heterocycles. The molecule has 220 valence electrons. The number of hydrogen-bond donors (Lipinski definition) is 1. The van der Waals surface area contributed by atoms with E-state index < -0.39 is 35.1 Å². The Morgan fingerprint density at radius 1 is 0.905 bits per heavy atom. The first-order valence-corrected chi connectivity index (χ1v) is 14.9. The van der Waals surface area contributed by atoms with Crippen molar-refractivity contribution in [1.82, 2.24) is 9.80 Å². The maximum absolute atomic E-state index is 14.7. The van der Waals surface area contributed by atoms with Crippen LogP contribution >= 0.6 is 0 Å². The Hall–Kier alpha value is -3.75. The van der Waals surface area contributed by atoms with Crippen molar-refractivity contribution >= 4 is 23.4 Å². The van der Waals surface area contributed by atoms with Crippen LogP contribution in [0.5, 0.6) is 0 Å². The van der Waals surface area contributed by atoms with Crippen molar-refractivity contribution in [3.05, 3.63) is 89.5 Å². The van der Waals surface area contributed by atoms with E-state index in [2.05, 4.69) is 0 Å². The molecule has 1 spiro atoms. The first-order chi connectivity index (χ1) is 20.2. The SMILES string of the molecule is CC[C@]12C=CCN(Cc3ccccc3)C(=O)[C@H]1[C@H]1C(=O)N([C@H](C)CO)C3C(=O)N(c4c(C)cccc4C)CC=C[C@@]31O2. The number of amides is 3. The van der Waals surface area contributed by atoms with Crippen molar-refractivity contribution in [3.8, 4) is 0 Å². The zero-order valence-corrected chi connectivity index (χ0v) is 24.7. The van der Waals surface area contributed by atoms with E-state index in [1.54, 1.807) is 16.7 Å². The smallest absolute Gasteiger partial charge is 0.253 e. The quantitative estimate of drug-likeness (QED) is 0.538. The molecule has 2 aromatic carbocycles. The third-order valence-corrected chi connectivity index (χ3v) is 9.63. The molecule has 0 saturated carbocycles. The number of likely N-dealkylation sites (tertiary alicyclic amines) is 1. The fourth-order valence-electron chi connectivity index (χ4n) is 7.69. The van der Waals surface area contributed by atoms with Gasteiger partial charge in [0.15, 0.2) is 0 Å². The zero-order valence-electron chi connectivity index (χ0n) is 24.7. The molecule has 2 saturated heterocycles. The summed E-state index contributed by atoms with van der Waals surface area (Å²) in [5.41, 5.74) is 1.30. The lowest BCUT2D eigenvalue weighted by atomic mass is 9.73. The molecular formula is C34H39N3O5. The number of nitrogens with zero attached hydrogens (tertiary/aromatic N) is 3. The van der Waals surface area contributed by atoms with Gasteiger partial charge in [0.2, 0.25) is 11.8 Å². The van der Waals surface area contributed by atoms with Crippen LogP contribution in [0, 0.1) is 25.7 Å². The molecule has 1 unspecified atom stereocenters. The van der Waals surface area contributed by atoms with Gasteiger partial charge in [0.05, 0.1) is 30.1 Å². The second-order valence-electron chi connectivity index (χ2n) is 12.1. The predicted octanol–water partition coefficient (Wildman–Crippen LogP) is 3.55. The van der Waals surface area contributed by atoms with Gasteiger partial charge in [-0.15, -0.1) is 0 Å². The zero-order chi connectivity index (χ0) is 29.8. The van der Waals surface area contributed by atoms with Crippen molar-refractivity contribution in [3.63, 3.8) is 0 Å². The Balaban J connectivity index is 1.48. The van der Waals surface area contributed by atoms with Gasteiger partial charge in [-0.05, 0) is 43.9 Å². The van der Waals surface area contributed by atoms with Gasteiger partial charge >= 0.3 is 0 Å². The van der Waals surface area contributed by atoms with Gasteiger partial charge in [-0.1, -0.05) is 79.8 Å². The fraction of sp³-hybridized carbons (Fsp3) is 0.441. The molecule has 4 aliphatic rings. The van der Waals surface area contributed by atoms with Gasteiger partial charge < -0.3 is 24.5 Å². The number of hydrogen-bond acceptors (Lipinski definition) is 5. The van der Waals surface area contributed by atoms with Crippen molar-refractivity contribution in [2.24, 2.45) is 11.8 Å². The Labute approximate surface area is 247 Å². The number of para-hydroxylation sites is 1. The van der Waals surface area contributed by atoms with Crippen molar-refractivity contribution in [1.29, 1.82) is 0 Å². The van der Waals surface area contributed by atoms with Gasteiger partial charge in [-0.3, -0.25) is 14.4 Å². The Morgan fingerprint density at radius 3 is 2.26 bits per heavy atom. The number of anilines is 1. The summed E-state index contributed by atoms with van der Waals surface area (Å²) in [7, 11) is 0. The van der Waals surface area contributed by atoms with E-state index in [1.807, 2.05) is 93.6 Å². The largest absolute Gasteiger partial charge is 0.394 e. The number of aliphatic hydroxyl groups is 1. The first-order valence-electron chi connectivity index (χ1n) is 14.9. The molecule has 2 aromatic rings. The minimum absolute atomic E-state index is 0.158. The molecule has 0 aliphatic carbocycles.